The van der Waals surface area contributed by atoms with Gasteiger partial charge in [0, 0.05) is 16.7 Å². The summed E-state index contributed by atoms with van der Waals surface area (Å²) in [6.45, 7) is 4.69. The second-order valence-electron chi connectivity index (χ2n) is 6.05. The van der Waals surface area contributed by atoms with Crippen LogP contribution in [0.3, 0.4) is 0 Å². The van der Waals surface area contributed by atoms with Gasteiger partial charge in [-0.3, -0.25) is 9.59 Å². The maximum Gasteiger partial charge on any atom is 0.253 e. The number of anilines is 1. The lowest BCUT2D eigenvalue weighted by Gasteiger charge is -2.18. The number of nitrogens with one attached hydrogen (secondary N) is 1. The van der Waals surface area contributed by atoms with Crippen molar-refractivity contribution in [2.24, 2.45) is 0 Å². The average Bonchev–Trinajstić information content (AvgIpc) is 2.91. The van der Waals surface area contributed by atoms with Crippen LogP contribution >= 0.6 is 15.9 Å². The van der Waals surface area contributed by atoms with Crippen molar-refractivity contribution in [1.82, 2.24) is 5.32 Å². The zero-order valence-corrected chi connectivity index (χ0v) is 15.3. The third-order valence-corrected chi connectivity index (χ3v) is 5.12. The van der Waals surface area contributed by atoms with E-state index in [1.807, 2.05) is 44.2 Å². The molecular formula is C19H19BrN2O2. The van der Waals surface area contributed by atoms with Crippen molar-refractivity contribution in [1.29, 1.82) is 0 Å². The second-order valence-corrected chi connectivity index (χ2v) is 6.91. The molecule has 1 N–H and O–H groups in total. The van der Waals surface area contributed by atoms with Crippen LogP contribution in [0.25, 0.3) is 0 Å². The van der Waals surface area contributed by atoms with Crippen LogP contribution in [0.1, 0.15) is 27.9 Å². The fraction of sp³-hybridized carbons (Fsp3) is 0.263. The van der Waals surface area contributed by atoms with E-state index in [-0.39, 0.29) is 11.8 Å². The summed E-state index contributed by atoms with van der Waals surface area (Å²) in [5.41, 5.74) is 3.78. The molecule has 0 aromatic heterocycles. The number of halogens is 1. The molecule has 0 saturated carbocycles. The highest BCUT2D eigenvalue weighted by atomic mass is 79.9. The topological polar surface area (TPSA) is 49.4 Å². The predicted molar refractivity (Wildman–Crippen MR) is 98.3 cm³/mol. The van der Waals surface area contributed by atoms with Crippen molar-refractivity contribution in [3.05, 3.63) is 63.6 Å². The number of carbonyl (C=O) groups is 2. The lowest BCUT2D eigenvalue weighted by molar-refractivity contribution is -0.118. The minimum Gasteiger partial charge on any atom is -0.340 e. The van der Waals surface area contributed by atoms with E-state index < -0.39 is 6.04 Å². The number of hydrogen-bond acceptors (Lipinski definition) is 2. The van der Waals surface area contributed by atoms with Gasteiger partial charge in [0.25, 0.3) is 5.91 Å². The van der Waals surface area contributed by atoms with Gasteiger partial charge in [0.15, 0.2) is 0 Å². The summed E-state index contributed by atoms with van der Waals surface area (Å²) < 4.78 is 0.721. The molecule has 2 amide bonds. The van der Waals surface area contributed by atoms with E-state index in [1.54, 1.807) is 17.0 Å². The fourth-order valence-electron chi connectivity index (χ4n) is 2.85. The van der Waals surface area contributed by atoms with E-state index in [9.17, 15) is 9.59 Å². The summed E-state index contributed by atoms with van der Waals surface area (Å²) >= 11 is 3.37. The van der Waals surface area contributed by atoms with Gasteiger partial charge in [0.2, 0.25) is 5.91 Å². The molecule has 124 valence electrons. The molecule has 1 heterocycles. The summed E-state index contributed by atoms with van der Waals surface area (Å²) in [5.74, 6) is -0.290. The number of carbonyl (C=O) groups excluding carboxylic acids is 2. The summed E-state index contributed by atoms with van der Waals surface area (Å²) in [5, 5.41) is 2.85. The molecule has 5 heteroatoms. The van der Waals surface area contributed by atoms with Crippen molar-refractivity contribution in [2.75, 3.05) is 11.4 Å². The first-order valence-electron chi connectivity index (χ1n) is 7.91. The molecular weight excluding hydrogens is 368 g/mol. The smallest absolute Gasteiger partial charge is 0.253 e. The minimum absolute atomic E-state index is 0.0568. The molecule has 2 aromatic rings. The highest BCUT2D eigenvalue weighted by molar-refractivity contribution is 9.10. The van der Waals surface area contributed by atoms with E-state index in [0.29, 0.717) is 18.5 Å². The molecule has 24 heavy (non-hydrogen) atoms. The average molecular weight is 387 g/mol. The molecule has 0 spiro atoms. The Morgan fingerprint density at radius 2 is 1.92 bits per heavy atom. The van der Waals surface area contributed by atoms with E-state index in [2.05, 4.69) is 21.2 Å². The Bertz CT molecular complexity index is 804. The number of hydrogen-bond donors (Lipinski definition) is 1. The Hall–Kier alpha value is -2.14. The molecule has 4 nitrogen and oxygen atoms in total. The van der Waals surface area contributed by atoms with Gasteiger partial charge in [-0.25, -0.2) is 0 Å². The van der Waals surface area contributed by atoms with Crippen LogP contribution in [-0.4, -0.2) is 24.4 Å². The van der Waals surface area contributed by atoms with Crippen molar-refractivity contribution in [3.63, 3.8) is 0 Å². The quantitative estimate of drug-likeness (QED) is 0.875. The normalized spacial score (nSPS) is 17.2. The highest BCUT2D eigenvalue weighted by Gasteiger charge is 2.34. The first-order valence-corrected chi connectivity index (χ1v) is 8.70. The van der Waals surface area contributed by atoms with Gasteiger partial charge in [0.1, 0.15) is 6.04 Å². The third-order valence-electron chi connectivity index (χ3n) is 4.43. The summed E-state index contributed by atoms with van der Waals surface area (Å²) in [7, 11) is 0. The van der Waals surface area contributed by atoms with Crippen LogP contribution in [0.15, 0.2) is 46.9 Å². The maximum atomic E-state index is 12.7. The first-order chi connectivity index (χ1) is 11.5. The van der Waals surface area contributed by atoms with Gasteiger partial charge in [-0.05, 0) is 71.6 Å². The summed E-state index contributed by atoms with van der Waals surface area (Å²) in [6.07, 6.45) is 0.613. The molecule has 0 unspecified atom stereocenters. The van der Waals surface area contributed by atoms with Crippen molar-refractivity contribution < 1.29 is 9.59 Å². The van der Waals surface area contributed by atoms with Gasteiger partial charge in [-0.15, -0.1) is 0 Å². The standard InChI is InChI=1S/C19H19BrN2O2/c1-12-7-8-14(11-13(12)2)22-10-9-17(19(22)24)21-18(23)15-5-3-4-6-16(15)20/h3-8,11,17H,9-10H2,1-2H3,(H,21,23)/t17-/m1/s1. The highest BCUT2D eigenvalue weighted by Crippen LogP contribution is 2.24. The molecule has 3 rings (SSSR count). The van der Waals surface area contributed by atoms with Crippen LogP contribution < -0.4 is 10.2 Å². The Kier molecular flexibility index (Phi) is 4.71. The van der Waals surface area contributed by atoms with Gasteiger partial charge in [-0.1, -0.05) is 18.2 Å². The molecule has 1 aliphatic rings. The van der Waals surface area contributed by atoms with Gasteiger partial charge in [-0.2, -0.15) is 0 Å². The molecule has 1 saturated heterocycles. The molecule has 1 atom stereocenters. The maximum absolute atomic E-state index is 12.7. The van der Waals surface area contributed by atoms with Crippen molar-refractivity contribution in [3.8, 4) is 0 Å². The van der Waals surface area contributed by atoms with Crippen LogP contribution in [-0.2, 0) is 4.79 Å². The first kappa shape index (κ1) is 16.7. The van der Waals surface area contributed by atoms with Gasteiger partial charge >= 0.3 is 0 Å². The molecule has 1 fully saturated rings. The largest absolute Gasteiger partial charge is 0.340 e. The van der Waals surface area contributed by atoms with E-state index >= 15 is 0 Å². The van der Waals surface area contributed by atoms with Crippen LogP contribution in [0.2, 0.25) is 0 Å². The van der Waals surface area contributed by atoms with Crippen LogP contribution in [0, 0.1) is 13.8 Å². The monoisotopic (exact) mass is 386 g/mol. The molecule has 0 bridgehead atoms. The predicted octanol–water partition coefficient (Wildman–Crippen LogP) is 3.60. The van der Waals surface area contributed by atoms with E-state index in [0.717, 1.165) is 15.7 Å². The molecule has 2 aromatic carbocycles. The zero-order valence-electron chi connectivity index (χ0n) is 13.7. The third kappa shape index (κ3) is 3.22. The number of rotatable bonds is 3. The van der Waals surface area contributed by atoms with E-state index in [4.69, 9.17) is 0 Å². The lowest BCUT2D eigenvalue weighted by Crippen LogP contribution is -2.41. The molecule has 1 aliphatic heterocycles. The summed E-state index contributed by atoms with van der Waals surface area (Å²) in [6, 6.07) is 12.7. The number of aryl methyl sites for hydroxylation is 2. The molecule has 0 radical (unpaired) electrons. The Balaban J connectivity index is 1.73. The summed E-state index contributed by atoms with van der Waals surface area (Å²) in [4.78, 5) is 26.8. The van der Waals surface area contributed by atoms with Crippen LogP contribution in [0.5, 0.6) is 0 Å². The number of nitrogens with zero attached hydrogens (tertiary/aromatic N) is 1. The number of benzene rings is 2. The van der Waals surface area contributed by atoms with Crippen LogP contribution in [0.4, 0.5) is 5.69 Å². The van der Waals surface area contributed by atoms with Crippen molar-refractivity contribution >= 4 is 33.4 Å². The lowest BCUT2D eigenvalue weighted by atomic mass is 10.1. The minimum atomic E-state index is -0.480. The Morgan fingerprint density at radius 3 is 2.62 bits per heavy atom. The zero-order chi connectivity index (χ0) is 17.3. The Morgan fingerprint density at radius 1 is 1.17 bits per heavy atom. The Labute approximate surface area is 150 Å². The number of amides is 2. The van der Waals surface area contributed by atoms with Gasteiger partial charge < -0.3 is 10.2 Å². The fourth-order valence-corrected chi connectivity index (χ4v) is 3.31. The van der Waals surface area contributed by atoms with E-state index in [1.165, 1.54) is 5.56 Å². The van der Waals surface area contributed by atoms with Crippen molar-refractivity contribution in [2.45, 2.75) is 26.3 Å². The van der Waals surface area contributed by atoms with Gasteiger partial charge in [0.05, 0.1) is 5.56 Å². The SMILES string of the molecule is Cc1ccc(N2CC[C@@H](NC(=O)c3ccccc3Br)C2=O)cc1C. The second kappa shape index (κ2) is 6.77. The molecule has 0 aliphatic carbocycles.